The van der Waals surface area contributed by atoms with Crippen LogP contribution in [0.4, 0.5) is 5.82 Å². The Morgan fingerprint density at radius 1 is 1.37 bits per heavy atom. The number of hydrogen-bond donors (Lipinski definition) is 1. The predicted molar refractivity (Wildman–Crippen MR) is 79.3 cm³/mol. The van der Waals surface area contributed by atoms with Gasteiger partial charge in [-0.25, -0.2) is 4.98 Å². The largest absolute Gasteiger partial charge is 0.350 e. The summed E-state index contributed by atoms with van der Waals surface area (Å²) in [5.41, 5.74) is 1.03. The first-order valence-corrected chi connectivity index (χ1v) is 7.44. The highest BCUT2D eigenvalue weighted by atomic mass is 15.3. The van der Waals surface area contributed by atoms with E-state index in [9.17, 15) is 0 Å². The van der Waals surface area contributed by atoms with Crippen LogP contribution in [0.25, 0.3) is 0 Å². The number of rotatable bonds is 5. The van der Waals surface area contributed by atoms with Gasteiger partial charge < -0.3 is 10.2 Å². The monoisotopic (exact) mass is 262 g/mol. The maximum atomic E-state index is 4.78. The Morgan fingerprint density at radius 2 is 2.16 bits per heavy atom. The van der Waals surface area contributed by atoms with Gasteiger partial charge in [-0.05, 0) is 26.2 Å². The molecule has 2 rings (SSSR count). The Balaban J connectivity index is 2.13. The molecule has 0 saturated carbocycles. The summed E-state index contributed by atoms with van der Waals surface area (Å²) >= 11 is 0. The minimum absolute atomic E-state index is 0.472. The first-order valence-electron chi connectivity index (χ1n) is 7.44. The molecule has 4 nitrogen and oxygen atoms in total. The smallest absolute Gasteiger partial charge is 0.147 e. The van der Waals surface area contributed by atoms with Crippen LogP contribution in [0, 0.1) is 0 Å². The minimum Gasteiger partial charge on any atom is -0.350 e. The summed E-state index contributed by atoms with van der Waals surface area (Å²) in [6.45, 7) is 9.63. The summed E-state index contributed by atoms with van der Waals surface area (Å²) in [4.78, 5) is 11.6. The van der Waals surface area contributed by atoms with Gasteiger partial charge in [-0.3, -0.25) is 4.98 Å². The fourth-order valence-corrected chi connectivity index (χ4v) is 2.80. The van der Waals surface area contributed by atoms with Crippen molar-refractivity contribution in [3.8, 4) is 0 Å². The van der Waals surface area contributed by atoms with E-state index in [1.807, 2.05) is 12.4 Å². The van der Waals surface area contributed by atoms with Crippen LogP contribution in [0.1, 0.15) is 52.7 Å². The third-order valence-electron chi connectivity index (χ3n) is 3.88. The summed E-state index contributed by atoms with van der Waals surface area (Å²) in [7, 11) is 0. The molecule has 1 fully saturated rings. The molecular formula is C15H26N4. The molecule has 2 atom stereocenters. The van der Waals surface area contributed by atoms with Crippen molar-refractivity contribution in [1.29, 1.82) is 0 Å². The van der Waals surface area contributed by atoms with E-state index < -0.39 is 0 Å². The first-order chi connectivity index (χ1) is 9.11. The van der Waals surface area contributed by atoms with Gasteiger partial charge in [-0.2, -0.15) is 0 Å². The summed E-state index contributed by atoms with van der Waals surface area (Å²) in [5.74, 6) is 1.04. The van der Waals surface area contributed by atoms with Crippen LogP contribution in [0.15, 0.2) is 12.4 Å². The lowest BCUT2D eigenvalue weighted by Gasteiger charge is -2.29. The second-order valence-electron chi connectivity index (χ2n) is 5.80. The number of anilines is 1. The van der Waals surface area contributed by atoms with E-state index >= 15 is 0 Å². The van der Waals surface area contributed by atoms with Crippen molar-refractivity contribution in [2.75, 3.05) is 4.90 Å². The maximum Gasteiger partial charge on any atom is 0.147 e. The van der Waals surface area contributed by atoms with E-state index in [0.29, 0.717) is 18.1 Å². The lowest BCUT2D eigenvalue weighted by atomic mass is 10.1. The molecule has 4 heteroatoms. The standard InChI is InChI=1S/C15H26N4/c1-5-14-7-6-12(4)19(14)15-10-16-8-13(18-15)9-17-11(2)3/h8,10-12,14,17H,5-7,9H2,1-4H3. The van der Waals surface area contributed by atoms with Crippen molar-refractivity contribution in [2.45, 2.75) is 71.6 Å². The third-order valence-corrected chi connectivity index (χ3v) is 3.88. The van der Waals surface area contributed by atoms with Gasteiger partial charge in [0, 0.05) is 30.9 Å². The lowest BCUT2D eigenvalue weighted by Crippen LogP contribution is -2.35. The molecule has 0 bridgehead atoms. The second kappa shape index (κ2) is 6.33. The fourth-order valence-electron chi connectivity index (χ4n) is 2.80. The summed E-state index contributed by atoms with van der Waals surface area (Å²) in [6.07, 6.45) is 7.48. The van der Waals surface area contributed by atoms with E-state index in [2.05, 4.69) is 42.9 Å². The molecule has 0 aromatic carbocycles. The van der Waals surface area contributed by atoms with E-state index in [-0.39, 0.29) is 0 Å². The molecule has 1 aromatic rings. The molecule has 0 aliphatic carbocycles. The Labute approximate surface area is 116 Å². The Kier molecular flexibility index (Phi) is 4.75. The van der Waals surface area contributed by atoms with Crippen LogP contribution >= 0.6 is 0 Å². The van der Waals surface area contributed by atoms with Crippen LogP contribution in [0.3, 0.4) is 0 Å². The van der Waals surface area contributed by atoms with Crippen LogP contribution < -0.4 is 10.2 Å². The zero-order valence-corrected chi connectivity index (χ0v) is 12.6. The number of hydrogen-bond acceptors (Lipinski definition) is 4. The highest BCUT2D eigenvalue weighted by Crippen LogP contribution is 2.30. The first kappa shape index (κ1) is 14.3. The van der Waals surface area contributed by atoms with Gasteiger partial charge in [-0.15, -0.1) is 0 Å². The molecule has 2 unspecified atom stereocenters. The average Bonchev–Trinajstić information content (AvgIpc) is 2.78. The molecule has 19 heavy (non-hydrogen) atoms. The molecule has 1 aliphatic heterocycles. The van der Waals surface area contributed by atoms with Crippen molar-refractivity contribution < 1.29 is 0 Å². The highest BCUT2D eigenvalue weighted by molar-refractivity contribution is 5.41. The van der Waals surface area contributed by atoms with Crippen molar-refractivity contribution >= 4 is 5.82 Å². The molecule has 2 heterocycles. The summed E-state index contributed by atoms with van der Waals surface area (Å²) in [6, 6.07) is 1.67. The number of nitrogens with one attached hydrogen (secondary N) is 1. The molecule has 1 aliphatic rings. The van der Waals surface area contributed by atoms with E-state index in [0.717, 1.165) is 18.1 Å². The molecule has 1 aromatic heterocycles. The number of nitrogens with zero attached hydrogens (tertiary/aromatic N) is 3. The summed E-state index contributed by atoms with van der Waals surface area (Å²) in [5, 5.41) is 3.39. The predicted octanol–water partition coefficient (Wildman–Crippen LogP) is 2.74. The van der Waals surface area contributed by atoms with Gasteiger partial charge in [0.25, 0.3) is 0 Å². The van der Waals surface area contributed by atoms with E-state index in [1.165, 1.54) is 19.3 Å². The van der Waals surface area contributed by atoms with Gasteiger partial charge in [-0.1, -0.05) is 20.8 Å². The van der Waals surface area contributed by atoms with Gasteiger partial charge in [0.2, 0.25) is 0 Å². The SMILES string of the molecule is CCC1CCC(C)N1c1cncc(CNC(C)C)n1. The van der Waals surface area contributed by atoms with Crippen LogP contribution in [0.2, 0.25) is 0 Å². The van der Waals surface area contributed by atoms with Gasteiger partial charge in [0.1, 0.15) is 5.82 Å². The van der Waals surface area contributed by atoms with Gasteiger partial charge >= 0.3 is 0 Å². The van der Waals surface area contributed by atoms with E-state index in [4.69, 9.17) is 4.98 Å². The Hall–Kier alpha value is -1.16. The van der Waals surface area contributed by atoms with Crippen molar-refractivity contribution in [1.82, 2.24) is 15.3 Å². The van der Waals surface area contributed by atoms with Crippen LogP contribution in [-0.2, 0) is 6.54 Å². The maximum absolute atomic E-state index is 4.78. The lowest BCUT2D eigenvalue weighted by molar-refractivity contribution is 0.576. The highest BCUT2D eigenvalue weighted by Gasteiger charge is 2.30. The molecule has 0 spiro atoms. The zero-order chi connectivity index (χ0) is 13.8. The Bertz CT molecular complexity index is 405. The van der Waals surface area contributed by atoms with Crippen molar-refractivity contribution in [3.63, 3.8) is 0 Å². The van der Waals surface area contributed by atoms with Gasteiger partial charge in [0.15, 0.2) is 0 Å². The number of aromatic nitrogens is 2. The summed E-state index contributed by atoms with van der Waals surface area (Å²) < 4.78 is 0. The zero-order valence-electron chi connectivity index (χ0n) is 12.6. The van der Waals surface area contributed by atoms with Crippen LogP contribution in [-0.4, -0.2) is 28.1 Å². The average molecular weight is 262 g/mol. The fraction of sp³-hybridized carbons (Fsp3) is 0.733. The molecule has 1 saturated heterocycles. The van der Waals surface area contributed by atoms with Crippen LogP contribution in [0.5, 0.6) is 0 Å². The molecule has 0 amide bonds. The van der Waals surface area contributed by atoms with Gasteiger partial charge in [0.05, 0.1) is 11.9 Å². The third kappa shape index (κ3) is 3.44. The van der Waals surface area contributed by atoms with Crippen molar-refractivity contribution in [3.05, 3.63) is 18.1 Å². The Morgan fingerprint density at radius 3 is 2.84 bits per heavy atom. The van der Waals surface area contributed by atoms with E-state index in [1.54, 1.807) is 0 Å². The molecule has 106 valence electrons. The quantitative estimate of drug-likeness (QED) is 0.886. The molecule has 1 N–H and O–H groups in total. The molecule has 0 radical (unpaired) electrons. The second-order valence-corrected chi connectivity index (χ2v) is 5.80. The minimum atomic E-state index is 0.472. The molecular weight excluding hydrogens is 236 g/mol. The van der Waals surface area contributed by atoms with Crippen molar-refractivity contribution in [2.24, 2.45) is 0 Å². The topological polar surface area (TPSA) is 41.1 Å². The normalized spacial score (nSPS) is 23.3.